The number of ether oxygens (including phenoxy) is 1. The van der Waals surface area contributed by atoms with Crippen LogP contribution >= 0.6 is 0 Å². The van der Waals surface area contributed by atoms with Gasteiger partial charge in [0.2, 0.25) is 0 Å². The molecule has 0 atom stereocenters. The third kappa shape index (κ3) is 4.96. The van der Waals surface area contributed by atoms with Gasteiger partial charge < -0.3 is 4.74 Å². The molecule has 2 fully saturated rings. The van der Waals surface area contributed by atoms with Crippen LogP contribution < -0.4 is 0 Å². The second-order valence-corrected chi connectivity index (χ2v) is 8.04. The standard InChI is InChI=1S/C23H32O2/c1-3-4-23(24)25-22-15-13-21(14-16-22)20-11-9-19(10-12-20)18-7-5-17(2)6-8-18/h3,5-8,19-22H,1,4,9-16H2,2H3/t19-,20-,21?,22?. The Labute approximate surface area is 152 Å². The van der Waals surface area contributed by atoms with Gasteiger partial charge in [-0.3, -0.25) is 4.79 Å². The van der Waals surface area contributed by atoms with Crippen molar-refractivity contribution >= 4 is 5.97 Å². The van der Waals surface area contributed by atoms with Crippen LogP contribution in [0.4, 0.5) is 0 Å². The van der Waals surface area contributed by atoms with Crippen molar-refractivity contribution in [2.24, 2.45) is 11.8 Å². The Bertz CT molecular complexity index is 558. The number of hydrogen-bond donors (Lipinski definition) is 0. The van der Waals surface area contributed by atoms with Gasteiger partial charge in [0, 0.05) is 0 Å². The molecule has 0 N–H and O–H groups in total. The van der Waals surface area contributed by atoms with Crippen LogP contribution in [-0.2, 0) is 9.53 Å². The second-order valence-electron chi connectivity index (χ2n) is 8.04. The molecule has 0 aromatic heterocycles. The van der Waals surface area contributed by atoms with Crippen molar-refractivity contribution in [1.29, 1.82) is 0 Å². The lowest BCUT2D eigenvalue weighted by Gasteiger charge is -2.37. The first-order valence-corrected chi connectivity index (χ1v) is 10.0. The SMILES string of the molecule is C=CCC(=O)OC1CCC([C@H]2CC[C@H](c3ccc(C)cc3)CC2)CC1. The van der Waals surface area contributed by atoms with Crippen molar-refractivity contribution in [2.75, 3.05) is 0 Å². The molecule has 2 heteroatoms. The van der Waals surface area contributed by atoms with E-state index in [4.69, 9.17) is 4.74 Å². The highest BCUT2D eigenvalue weighted by molar-refractivity contribution is 5.71. The fourth-order valence-electron chi connectivity index (χ4n) is 4.79. The number of esters is 1. The summed E-state index contributed by atoms with van der Waals surface area (Å²) in [5, 5.41) is 0. The quantitative estimate of drug-likeness (QED) is 0.489. The zero-order valence-corrected chi connectivity index (χ0v) is 15.6. The predicted molar refractivity (Wildman–Crippen MR) is 103 cm³/mol. The van der Waals surface area contributed by atoms with Crippen molar-refractivity contribution < 1.29 is 9.53 Å². The van der Waals surface area contributed by atoms with E-state index in [1.165, 1.54) is 49.7 Å². The Morgan fingerprint density at radius 3 is 2.12 bits per heavy atom. The van der Waals surface area contributed by atoms with Gasteiger partial charge in [0.1, 0.15) is 6.10 Å². The minimum atomic E-state index is -0.114. The maximum absolute atomic E-state index is 11.6. The lowest BCUT2D eigenvalue weighted by atomic mass is 9.69. The first-order valence-electron chi connectivity index (χ1n) is 10.0. The van der Waals surface area contributed by atoms with E-state index < -0.39 is 0 Å². The fraction of sp³-hybridized carbons (Fsp3) is 0.609. The van der Waals surface area contributed by atoms with E-state index in [0.29, 0.717) is 6.42 Å². The third-order valence-electron chi connectivity index (χ3n) is 6.32. The first kappa shape index (κ1) is 18.2. The van der Waals surface area contributed by atoms with Gasteiger partial charge >= 0.3 is 5.97 Å². The maximum atomic E-state index is 11.6. The van der Waals surface area contributed by atoms with Crippen molar-refractivity contribution in [3.05, 3.63) is 48.0 Å². The molecule has 3 rings (SSSR count). The third-order valence-corrected chi connectivity index (χ3v) is 6.32. The molecule has 2 nitrogen and oxygen atoms in total. The van der Waals surface area contributed by atoms with Crippen LogP contribution in [0.1, 0.15) is 74.8 Å². The fourth-order valence-corrected chi connectivity index (χ4v) is 4.79. The number of aryl methyl sites for hydroxylation is 1. The molecule has 0 aliphatic heterocycles. The van der Waals surface area contributed by atoms with Gasteiger partial charge in [-0.15, -0.1) is 6.58 Å². The number of carbonyl (C=O) groups excluding carboxylic acids is 1. The molecule has 2 aliphatic rings. The predicted octanol–water partition coefficient (Wildman–Crippen LogP) is 5.95. The number of hydrogen-bond acceptors (Lipinski definition) is 2. The molecule has 0 amide bonds. The number of carbonyl (C=O) groups is 1. The van der Waals surface area contributed by atoms with Crippen LogP contribution in [-0.4, -0.2) is 12.1 Å². The van der Waals surface area contributed by atoms with E-state index >= 15 is 0 Å². The van der Waals surface area contributed by atoms with E-state index in [0.717, 1.165) is 30.6 Å². The molecular weight excluding hydrogens is 308 g/mol. The van der Waals surface area contributed by atoms with Crippen LogP contribution in [0.5, 0.6) is 0 Å². The molecular formula is C23H32O2. The van der Waals surface area contributed by atoms with Crippen molar-refractivity contribution in [2.45, 2.75) is 76.7 Å². The molecule has 1 aromatic carbocycles. The van der Waals surface area contributed by atoms with Gasteiger partial charge in [0.15, 0.2) is 0 Å². The Balaban J connectivity index is 1.42. The summed E-state index contributed by atoms with van der Waals surface area (Å²) in [6, 6.07) is 9.14. The summed E-state index contributed by atoms with van der Waals surface area (Å²) in [5.74, 6) is 2.37. The van der Waals surface area contributed by atoms with Crippen molar-refractivity contribution in [3.63, 3.8) is 0 Å². The van der Waals surface area contributed by atoms with E-state index in [-0.39, 0.29) is 12.1 Å². The molecule has 2 saturated carbocycles. The van der Waals surface area contributed by atoms with Gasteiger partial charge in [-0.25, -0.2) is 0 Å². The molecule has 0 radical (unpaired) electrons. The van der Waals surface area contributed by atoms with Crippen LogP contribution in [0.3, 0.4) is 0 Å². The zero-order valence-electron chi connectivity index (χ0n) is 15.6. The number of rotatable bonds is 5. The van der Waals surface area contributed by atoms with Crippen molar-refractivity contribution in [3.8, 4) is 0 Å². The smallest absolute Gasteiger partial charge is 0.309 e. The number of benzene rings is 1. The highest BCUT2D eigenvalue weighted by Crippen LogP contribution is 2.43. The normalized spacial score (nSPS) is 29.8. The summed E-state index contributed by atoms with van der Waals surface area (Å²) in [6.07, 6.45) is 12.1. The minimum Gasteiger partial charge on any atom is -0.462 e. The summed E-state index contributed by atoms with van der Waals surface area (Å²) in [6.45, 7) is 5.76. The van der Waals surface area contributed by atoms with E-state index in [1.54, 1.807) is 6.08 Å². The van der Waals surface area contributed by atoms with Gasteiger partial charge in [-0.1, -0.05) is 35.9 Å². The van der Waals surface area contributed by atoms with Crippen LogP contribution in [0.2, 0.25) is 0 Å². The molecule has 0 unspecified atom stereocenters. The maximum Gasteiger partial charge on any atom is 0.309 e. The van der Waals surface area contributed by atoms with Crippen LogP contribution in [0, 0.1) is 18.8 Å². The topological polar surface area (TPSA) is 26.3 Å². The molecule has 0 saturated heterocycles. The van der Waals surface area contributed by atoms with E-state index in [1.807, 2.05) is 0 Å². The molecule has 25 heavy (non-hydrogen) atoms. The van der Waals surface area contributed by atoms with E-state index in [9.17, 15) is 4.79 Å². The minimum absolute atomic E-state index is 0.114. The molecule has 0 heterocycles. The molecule has 136 valence electrons. The lowest BCUT2D eigenvalue weighted by molar-refractivity contribution is -0.150. The molecule has 1 aromatic rings. The monoisotopic (exact) mass is 340 g/mol. The average Bonchev–Trinajstić information content (AvgIpc) is 2.63. The van der Waals surface area contributed by atoms with Gasteiger partial charge in [-0.05, 0) is 81.6 Å². The van der Waals surface area contributed by atoms with Gasteiger partial charge in [0.05, 0.1) is 6.42 Å². The largest absolute Gasteiger partial charge is 0.462 e. The highest BCUT2D eigenvalue weighted by atomic mass is 16.5. The summed E-state index contributed by atoms with van der Waals surface area (Å²) in [4.78, 5) is 11.6. The average molecular weight is 341 g/mol. The summed E-state index contributed by atoms with van der Waals surface area (Å²) >= 11 is 0. The summed E-state index contributed by atoms with van der Waals surface area (Å²) < 4.78 is 5.54. The summed E-state index contributed by atoms with van der Waals surface area (Å²) in [5.41, 5.74) is 2.88. The Morgan fingerprint density at radius 1 is 1.00 bits per heavy atom. The Morgan fingerprint density at radius 2 is 1.56 bits per heavy atom. The Hall–Kier alpha value is -1.57. The molecule has 2 aliphatic carbocycles. The Kier molecular flexibility index (Phi) is 6.34. The van der Waals surface area contributed by atoms with Gasteiger partial charge in [-0.2, -0.15) is 0 Å². The summed E-state index contributed by atoms with van der Waals surface area (Å²) in [7, 11) is 0. The van der Waals surface area contributed by atoms with E-state index in [2.05, 4.69) is 37.8 Å². The van der Waals surface area contributed by atoms with Crippen LogP contribution in [0.25, 0.3) is 0 Å². The second kappa shape index (κ2) is 8.69. The first-order chi connectivity index (χ1) is 12.2. The highest BCUT2D eigenvalue weighted by Gasteiger charge is 2.32. The molecule has 0 spiro atoms. The zero-order chi connectivity index (χ0) is 17.6. The lowest BCUT2D eigenvalue weighted by Crippen LogP contribution is -2.29. The van der Waals surface area contributed by atoms with Crippen LogP contribution in [0.15, 0.2) is 36.9 Å². The van der Waals surface area contributed by atoms with Gasteiger partial charge in [0.25, 0.3) is 0 Å². The molecule has 0 bridgehead atoms. The van der Waals surface area contributed by atoms with Crippen molar-refractivity contribution in [1.82, 2.24) is 0 Å².